The Morgan fingerprint density at radius 1 is 1.04 bits per heavy atom. The van der Waals surface area contributed by atoms with Crippen LogP contribution >= 0.6 is 0 Å². The first-order chi connectivity index (χ1) is 12.3. The van der Waals surface area contributed by atoms with Crippen LogP contribution in [0.2, 0.25) is 0 Å². The first-order valence-electron chi connectivity index (χ1n) is 8.94. The predicted molar refractivity (Wildman–Crippen MR) is 104 cm³/mol. The summed E-state index contributed by atoms with van der Waals surface area (Å²) in [5.74, 6) is -1.61. The number of nitrogens with zero attached hydrogens (tertiary/aromatic N) is 1. The molecule has 0 saturated heterocycles. The summed E-state index contributed by atoms with van der Waals surface area (Å²) in [5, 5.41) is 16.7. The average molecular weight is 375 g/mol. The van der Waals surface area contributed by atoms with E-state index < -0.39 is 29.2 Å². The average Bonchev–Trinajstić information content (AvgIpc) is 2.57. The van der Waals surface area contributed by atoms with Crippen LogP contribution in [-0.4, -0.2) is 59.2 Å². The number of rotatable bonds is 5. The van der Waals surface area contributed by atoms with Gasteiger partial charge in [-0.15, -0.1) is 0 Å². The molecule has 148 valence electrons. The van der Waals surface area contributed by atoms with Crippen molar-refractivity contribution in [3.63, 3.8) is 0 Å². The Balaban J connectivity index is 2.26. The number of benzene rings is 1. The predicted octanol–water partition coefficient (Wildman–Crippen LogP) is 1.81. The van der Waals surface area contributed by atoms with E-state index in [1.165, 1.54) is 11.0 Å². The Morgan fingerprint density at radius 3 is 2.11 bits per heavy atom. The van der Waals surface area contributed by atoms with Gasteiger partial charge in [-0.25, -0.2) is 0 Å². The van der Waals surface area contributed by atoms with Crippen molar-refractivity contribution in [2.75, 3.05) is 19.4 Å². The van der Waals surface area contributed by atoms with Gasteiger partial charge in [0.15, 0.2) is 5.75 Å². The standard InChI is InChI=1S/C20H29N3O4/c1-19(2,3)20(4,5)22-14-13(16(25)17(14)26)21-12-10-8-9-11(15(12)24)18(27)23(6)7/h8-10,13-14,21-22,24H,1-7H3. The second kappa shape index (κ2) is 6.96. The summed E-state index contributed by atoms with van der Waals surface area (Å²) < 4.78 is 0. The maximum absolute atomic E-state index is 12.2. The fourth-order valence-corrected chi connectivity index (χ4v) is 2.66. The topological polar surface area (TPSA) is 98.7 Å². The van der Waals surface area contributed by atoms with Crippen LogP contribution in [-0.2, 0) is 9.59 Å². The molecule has 3 N–H and O–H groups in total. The molecule has 0 aromatic heterocycles. The Kier molecular flexibility index (Phi) is 5.39. The van der Waals surface area contributed by atoms with Gasteiger partial charge < -0.3 is 15.3 Å². The number of carbonyl (C=O) groups excluding carboxylic acids is 3. The fourth-order valence-electron chi connectivity index (χ4n) is 2.66. The molecule has 2 atom stereocenters. The van der Waals surface area contributed by atoms with Gasteiger partial charge in [-0.2, -0.15) is 0 Å². The molecule has 2 unspecified atom stereocenters. The highest BCUT2D eigenvalue weighted by Gasteiger charge is 2.52. The van der Waals surface area contributed by atoms with Crippen LogP contribution in [0.25, 0.3) is 0 Å². The fraction of sp³-hybridized carbons (Fsp3) is 0.550. The van der Waals surface area contributed by atoms with Crippen molar-refractivity contribution in [1.29, 1.82) is 0 Å². The monoisotopic (exact) mass is 375 g/mol. The molecular formula is C20H29N3O4. The van der Waals surface area contributed by atoms with Gasteiger partial charge in [0.1, 0.15) is 12.1 Å². The van der Waals surface area contributed by atoms with Gasteiger partial charge in [0, 0.05) is 19.6 Å². The minimum Gasteiger partial charge on any atom is -0.505 e. The number of amides is 1. The van der Waals surface area contributed by atoms with Crippen molar-refractivity contribution in [3.05, 3.63) is 23.8 Å². The molecule has 27 heavy (non-hydrogen) atoms. The molecule has 1 aliphatic carbocycles. The van der Waals surface area contributed by atoms with Gasteiger partial charge in [-0.3, -0.25) is 19.7 Å². The van der Waals surface area contributed by atoms with E-state index in [2.05, 4.69) is 31.4 Å². The molecule has 7 nitrogen and oxygen atoms in total. The highest BCUT2D eigenvalue weighted by molar-refractivity contribution is 6.49. The maximum Gasteiger partial charge on any atom is 0.257 e. The quantitative estimate of drug-likeness (QED) is 0.536. The highest BCUT2D eigenvalue weighted by Crippen LogP contribution is 2.34. The lowest BCUT2D eigenvalue weighted by Crippen LogP contribution is -2.71. The largest absolute Gasteiger partial charge is 0.505 e. The number of phenolic OH excluding ortho intramolecular Hbond substituents is 1. The number of hydrogen-bond donors (Lipinski definition) is 3. The first kappa shape index (κ1) is 20.9. The number of hydrogen-bond acceptors (Lipinski definition) is 6. The molecule has 1 aromatic rings. The first-order valence-corrected chi connectivity index (χ1v) is 8.94. The lowest BCUT2D eigenvalue weighted by molar-refractivity contribution is -0.146. The van der Waals surface area contributed by atoms with Crippen LogP contribution in [0.5, 0.6) is 5.75 Å². The normalized spacial score (nSPS) is 20.3. The highest BCUT2D eigenvalue weighted by atomic mass is 16.3. The van der Waals surface area contributed by atoms with E-state index in [4.69, 9.17) is 0 Å². The molecule has 7 heteroatoms. The second-order valence-electron chi connectivity index (χ2n) is 8.75. The van der Waals surface area contributed by atoms with Gasteiger partial charge in [0.05, 0.1) is 11.3 Å². The van der Waals surface area contributed by atoms with E-state index in [0.29, 0.717) is 0 Å². The van der Waals surface area contributed by atoms with E-state index >= 15 is 0 Å². The van der Waals surface area contributed by atoms with Crippen molar-refractivity contribution in [2.45, 2.75) is 52.2 Å². The van der Waals surface area contributed by atoms with Gasteiger partial charge in [0.2, 0.25) is 11.6 Å². The zero-order valence-corrected chi connectivity index (χ0v) is 17.0. The lowest BCUT2D eigenvalue weighted by Gasteiger charge is -2.46. The third-order valence-corrected chi connectivity index (χ3v) is 5.52. The van der Waals surface area contributed by atoms with Gasteiger partial charge in [-0.05, 0) is 31.4 Å². The minimum atomic E-state index is -0.797. The Bertz CT molecular complexity index is 778. The van der Waals surface area contributed by atoms with E-state index in [1.54, 1.807) is 26.2 Å². The number of ketones is 2. The summed E-state index contributed by atoms with van der Waals surface area (Å²) in [7, 11) is 3.18. The molecule has 1 aliphatic rings. The molecule has 1 aromatic carbocycles. The number of phenols is 1. The van der Waals surface area contributed by atoms with Crippen molar-refractivity contribution < 1.29 is 19.5 Å². The van der Waals surface area contributed by atoms with Crippen LogP contribution in [0.3, 0.4) is 0 Å². The maximum atomic E-state index is 12.2. The summed E-state index contributed by atoms with van der Waals surface area (Å²) in [4.78, 5) is 37.8. The number of aromatic hydroxyl groups is 1. The molecule has 0 aliphatic heterocycles. The van der Waals surface area contributed by atoms with Crippen molar-refractivity contribution in [3.8, 4) is 5.75 Å². The third kappa shape index (κ3) is 3.83. The lowest BCUT2D eigenvalue weighted by atomic mass is 9.73. The second-order valence-corrected chi connectivity index (χ2v) is 8.75. The van der Waals surface area contributed by atoms with E-state index in [0.717, 1.165) is 0 Å². The summed E-state index contributed by atoms with van der Waals surface area (Å²) in [6.07, 6.45) is 0. The van der Waals surface area contributed by atoms with Gasteiger partial charge in [0.25, 0.3) is 5.91 Å². The number of para-hydroxylation sites is 1. The summed E-state index contributed by atoms with van der Waals surface area (Å²) in [5.41, 5.74) is -0.174. The molecular weight excluding hydrogens is 346 g/mol. The number of carbonyl (C=O) groups is 3. The number of Topliss-reactive ketones (excluding diaryl/α,β-unsaturated/α-hetero) is 2. The summed E-state index contributed by atoms with van der Waals surface area (Å²) in [6, 6.07) is 3.21. The van der Waals surface area contributed by atoms with Crippen molar-refractivity contribution in [1.82, 2.24) is 10.2 Å². The van der Waals surface area contributed by atoms with Crippen LogP contribution in [0.4, 0.5) is 5.69 Å². The Labute approximate surface area is 160 Å². The number of anilines is 1. The Hall–Kier alpha value is -2.41. The van der Waals surface area contributed by atoms with Crippen LogP contribution in [0, 0.1) is 5.41 Å². The summed E-state index contributed by atoms with van der Waals surface area (Å²) >= 11 is 0. The smallest absolute Gasteiger partial charge is 0.257 e. The molecule has 0 bridgehead atoms. The molecule has 2 rings (SSSR count). The molecule has 1 fully saturated rings. The molecule has 0 spiro atoms. The molecule has 1 saturated carbocycles. The van der Waals surface area contributed by atoms with E-state index in [-0.39, 0.29) is 28.3 Å². The Morgan fingerprint density at radius 2 is 1.59 bits per heavy atom. The van der Waals surface area contributed by atoms with Crippen molar-refractivity contribution in [2.24, 2.45) is 5.41 Å². The van der Waals surface area contributed by atoms with Crippen LogP contribution < -0.4 is 10.6 Å². The van der Waals surface area contributed by atoms with Crippen LogP contribution in [0.15, 0.2) is 18.2 Å². The molecule has 0 heterocycles. The molecule has 1 amide bonds. The number of nitrogens with one attached hydrogen (secondary N) is 2. The van der Waals surface area contributed by atoms with Crippen molar-refractivity contribution >= 4 is 23.2 Å². The van der Waals surface area contributed by atoms with E-state index in [1.807, 2.05) is 13.8 Å². The summed E-state index contributed by atoms with van der Waals surface area (Å²) in [6.45, 7) is 10.1. The zero-order chi connectivity index (χ0) is 20.7. The molecule has 0 radical (unpaired) electrons. The SMILES string of the molecule is CN(C)C(=O)c1cccc(NC2C(=O)C(=O)C2NC(C)(C)C(C)(C)C)c1O. The van der Waals surface area contributed by atoms with E-state index in [9.17, 15) is 19.5 Å². The van der Waals surface area contributed by atoms with Gasteiger partial charge >= 0.3 is 0 Å². The third-order valence-electron chi connectivity index (χ3n) is 5.52. The zero-order valence-electron chi connectivity index (χ0n) is 17.0. The van der Waals surface area contributed by atoms with Crippen LogP contribution in [0.1, 0.15) is 45.0 Å². The minimum absolute atomic E-state index is 0.127. The van der Waals surface area contributed by atoms with Gasteiger partial charge in [-0.1, -0.05) is 26.8 Å².